The molecule has 0 aliphatic heterocycles. The van der Waals surface area contributed by atoms with Crippen LogP contribution in [0.5, 0.6) is 0 Å². The average Bonchev–Trinajstić information content (AvgIpc) is 3.03. The molecule has 0 amide bonds. The molecule has 0 saturated carbocycles. The van der Waals surface area contributed by atoms with E-state index in [0.717, 1.165) is 25.1 Å². The topological polar surface area (TPSA) is 94.4 Å². The molecule has 0 bridgehead atoms. The fraction of sp³-hybridized carbons (Fsp3) is 0.308. The summed E-state index contributed by atoms with van der Waals surface area (Å²) in [7, 11) is 0. The van der Waals surface area contributed by atoms with Gasteiger partial charge in [0, 0.05) is 10.8 Å². The SMILES string of the molecule is O=c1[nH]c(=O)c2[nH]c(C3CCCc4sccc43)nc2[nH]1. The number of thiophene rings is 1. The number of nitrogens with zero attached hydrogens (tertiary/aromatic N) is 1. The first kappa shape index (κ1) is 11.7. The summed E-state index contributed by atoms with van der Waals surface area (Å²) in [5, 5.41) is 2.10. The standard InChI is InChI=1S/C13H12N4O2S/c18-12-9-11(16-13(19)17-12)15-10(14-9)7-2-1-3-8-6(7)4-5-20-8/h4-5,7H,1-3H2,(H3,14,15,16,17,18,19). The van der Waals surface area contributed by atoms with Gasteiger partial charge in [-0.15, -0.1) is 11.3 Å². The second kappa shape index (κ2) is 4.17. The Balaban J connectivity index is 1.91. The molecule has 20 heavy (non-hydrogen) atoms. The highest BCUT2D eigenvalue weighted by Gasteiger charge is 2.25. The summed E-state index contributed by atoms with van der Waals surface area (Å²) in [6.45, 7) is 0. The van der Waals surface area contributed by atoms with Gasteiger partial charge >= 0.3 is 5.69 Å². The summed E-state index contributed by atoms with van der Waals surface area (Å²) in [4.78, 5) is 36.7. The Labute approximate surface area is 116 Å². The number of aromatic nitrogens is 4. The Hall–Kier alpha value is -2.15. The minimum atomic E-state index is -0.527. The third kappa shape index (κ3) is 1.66. The normalized spacial score (nSPS) is 18.3. The van der Waals surface area contributed by atoms with Gasteiger partial charge in [-0.3, -0.25) is 14.8 Å². The van der Waals surface area contributed by atoms with Crippen LogP contribution in [0.2, 0.25) is 0 Å². The van der Waals surface area contributed by atoms with Crippen LogP contribution >= 0.6 is 11.3 Å². The van der Waals surface area contributed by atoms with E-state index in [0.29, 0.717) is 11.2 Å². The van der Waals surface area contributed by atoms with E-state index in [1.54, 1.807) is 11.3 Å². The van der Waals surface area contributed by atoms with Gasteiger partial charge in [-0.25, -0.2) is 9.78 Å². The number of nitrogens with one attached hydrogen (secondary N) is 3. The summed E-state index contributed by atoms with van der Waals surface area (Å²) in [5.74, 6) is 0.937. The summed E-state index contributed by atoms with van der Waals surface area (Å²) in [5.41, 5.74) is 1.00. The van der Waals surface area contributed by atoms with Crippen LogP contribution < -0.4 is 11.2 Å². The van der Waals surface area contributed by atoms with Crippen molar-refractivity contribution in [2.45, 2.75) is 25.2 Å². The summed E-state index contributed by atoms with van der Waals surface area (Å²) in [6.07, 6.45) is 3.23. The highest BCUT2D eigenvalue weighted by Crippen LogP contribution is 2.38. The van der Waals surface area contributed by atoms with Gasteiger partial charge in [0.05, 0.1) is 0 Å². The lowest BCUT2D eigenvalue weighted by molar-refractivity contribution is 0.604. The van der Waals surface area contributed by atoms with Crippen molar-refractivity contribution < 1.29 is 0 Å². The molecule has 1 unspecified atom stereocenters. The molecule has 1 atom stereocenters. The van der Waals surface area contributed by atoms with Crippen LogP contribution in [0.25, 0.3) is 11.2 Å². The maximum Gasteiger partial charge on any atom is 0.327 e. The van der Waals surface area contributed by atoms with Crippen LogP contribution in [0, 0.1) is 0 Å². The quantitative estimate of drug-likeness (QED) is 0.633. The van der Waals surface area contributed by atoms with Crippen LogP contribution in [-0.4, -0.2) is 19.9 Å². The minimum absolute atomic E-state index is 0.181. The van der Waals surface area contributed by atoms with E-state index in [-0.39, 0.29) is 5.92 Å². The van der Waals surface area contributed by atoms with Crippen LogP contribution in [0.15, 0.2) is 21.0 Å². The van der Waals surface area contributed by atoms with Crippen molar-refractivity contribution in [1.29, 1.82) is 0 Å². The van der Waals surface area contributed by atoms with E-state index in [1.807, 2.05) is 0 Å². The predicted octanol–water partition coefficient (Wildman–Crippen LogP) is 1.47. The first-order valence-electron chi connectivity index (χ1n) is 6.51. The first-order chi connectivity index (χ1) is 9.72. The smallest absolute Gasteiger partial charge is 0.327 e. The Morgan fingerprint density at radius 3 is 3.05 bits per heavy atom. The van der Waals surface area contributed by atoms with Crippen molar-refractivity contribution in [2.24, 2.45) is 0 Å². The minimum Gasteiger partial charge on any atom is -0.336 e. The molecule has 1 aliphatic carbocycles. The summed E-state index contributed by atoms with van der Waals surface area (Å²) < 4.78 is 0. The van der Waals surface area contributed by atoms with E-state index in [4.69, 9.17) is 0 Å². The van der Waals surface area contributed by atoms with Crippen LogP contribution in [-0.2, 0) is 6.42 Å². The highest BCUT2D eigenvalue weighted by molar-refractivity contribution is 7.10. The summed E-state index contributed by atoms with van der Waals surface area (Å²) >= 11 is 1.77. The van der Waals surface area contributed by atoms with Gasteiger partial charge in [-0.05, 0) is 36.3 Å². The van der Waals surface area contributed by atoms with E-state index < -0.39 is 11.2 Å². The Kier molecular flexibility index (Phi) is 2.43. The number of hydrogen-bond donors (Lipinski definition) is 3. The number of aromatic amines is 3. The average molecular weight is 288 g/mol. The molecule has 102 valence electrons. The Morgan fingerprint density at radius 2 is 2.15 bits per heavy atom. The molecule has 4 rings (SSSR count). The maximum absolute atomic E-state index is 11.7. The van der Waals surface area contributed by atoms with E-state index in [9.17, 15) is 9.59 Å². The molecule has 0 spiro atoms. The third-order valence-electron chi connectivity index (χ3n) is 3.79. The van der Waals surface area contributed by atoms with Crippen molar-refractivity contribution in [3.05, 3.63) is 48.5 Å². The van der Waals surface area contributed by atoms with Crippen molar-refractivity contribution in [1.82, 2.24) is 19.9 Å². The highest BCUT2D eigenvalue weighted by atomic mass is 32.1. The lowest BCUT2D eigenvalue weighted by Crippen LogP contribution is -2.21. The zero-order chi connectivity index (χ0) is 13.7. The van der Waals surface area contributed by atoms with E-state index >= 15 is 0 Å². The van der Waals surface area contributed by atoms with Gasteiger partial charge in [0.1, 0.15) is 11.3 Å². The predicted molar refractivity (Wildman–Crippen MR) is 76.4 cm³/mol. The molecule has 0 radical (unpaired) electrons. The van der Waals surface area contributed by atoms with E-state index in [2.05, 4.69) is 31.4 Å². The van der Waals surface area contributed by atoms with Crippen LogP contribution in [0.1, 0.15) is 35.0 Å². The largest absolute Gasteiger partial charge is 0.336 e. The van der Waals surface area contributed by atoms with Crippen molar-refractivity contribution in [3.63, 3.8) is 0 Å². The van der Waals surface area contributed by atoms with Gasteiger partial charge in [-0.2, -0.15) is 0 Å². The third-order valence-corrected chi connectivity index (χ3v) is 4.79. The monoisotopic (exact) mass is 288 g/mol. The number of fused-ring (bicyclic) bond motifs is 2. The molecule has 0 aromatic carbocycles. The Bertz CT molecular complexity index is 901. The molecular weight excluding hydrogens is 276 g/mol. The van der Waals surface area contributed by atoms with Gasteiger partial charge in [0.2, 0.25) is 0 Å². The zero-order valence-corrected chi connectivity index (χ0v) is 11.3. The van der Waals surface area contributed by atoms with Crippen LogP contribution in [0.4, 0.5) is 0 Å². The summed E-state index contributed by atoms with van der Waals surface area (Å²) in [6, 6.07) is 2.13. The maximum atomic E-state index is 11.7. The Morgan fingerprint density at radius 1 is 1.25 bits per heavy atom. The number of rotatable bonds is 1. The van der Waals surface area contributed by atoms with E-state index in [1.165, 1.54) is 10.4 Å². The molecule has 3 N–H and O–H groups in total. The lowest BCUT2D eigenvalue weighted by atomic mass is 9.87. The fourth-order valence-corrected chi connectivity index (χ4v) is 3.87. The molecule has 6 nitrogen and oxygen atoms in total. The second-order valence-corrected chi connectivity index (χ2v) is 6.00. The van der Waals surface area contributed by atoms with Crippen LogP contribution in [0.3, 0.4) is 0 Å². The van der Waals surface area contributed by atoms with Gasteiger partial charge in [0.15, 0.2) is 5.65 Å². The first-order valence-corrected chi connectivity index (χ1v) is 7.39. The number of H-pyrrole nitrogens is 3. The van der Waals surface area contributed by atoms with Gasteiger partial charge in [-0.1, -0.05) is 0 Å². The fourth-order valence-electron chi connectivity index (χ4n) is 2.89. The number of hydrogen-bond acceptors (Lipinski definition) is 4. The van der Waals surface area contributed by atoms with Crippen molar-refractivity contribution >= 4 is 22.5 Å². The lowest BCUT2D eigenvalue weighted by Gasteiger charge is -2.20. The molecule has 3 aromatic heterocycles. The van der Waals surface area contributed by atoms with Gasteiger partial charge in [0.25, 0.3) is 5.56 Å². The molecule has 1 aliphatic rings. The number of imidazole rings is 1. The molecule has 3 heterocycles. The zero-order valence-electron chi connectivity index (χ0n) is 10.5. The second-order valence-electron chi connectivity index (χ2n) is 5.00. The van der Waals surface area contributed by atoms with Crippen molar-refractivity contribution in [2.75, 3.05) is 0 Å². The molecule has 0 saturated heterocycles. The molecule has 3 aromatic rings. The number of aryl methyl sites for hydroxylation is 1. The molecular formula is C13H12N4O2S. The molecule has 7 heteroatoms. The molecule has 0 fully saturated rings. The van der Waals surface area contributed by atoms with Crippen molar-refractivity contribution in [3.8, 4) is 0 Å². The van der Waals surface area contributed by atoms with Gasteiger partial charge < -0.3 is 4.98 Å².